The molecule has 0 spiro atoms. The predicted molar refractivity (Wildman–Crippen MR) is 92.3 cm³/mol. The van der Waals surface area contributed by atoms with Gasteiger partial charge in [-0.2, -0.15) is 0 Å². The number of para-hydroxylation sites is 1. The molecule has 0 aliphatic rings. The van der Waals surface area contributed by atoms with Crippen LogP contribution in [0.25, 0.3) is 22.0 Å². The smallest absolute Gasteiger partial charge is 0.104 e. The Morgan fingerprint density at radius 2 is 1.90 bits per heavy atom. The zero-order valence-corrected chi connectivity index (χ0v) is 12.4. The molecule has 0 bridgehead atoms. The summed E-state index contributed by atoms with van der Waals surface area (Å²) in [7, 11) is 0. The molecule has 1 aromatic heterocycles. The van der Waals surface area contributed by atoms with Gasteiger partial charge in [0.2, 0.25) is 0 Å². The molecule has 2 aromatic carbocycles. The van der Waals surface area contributed by atoms with Crippen molar-refractivity contribution in [3.8, 4) is 11.1 Å². The van der Waals surface area contributed by atoms with E-state index in [0.717, 1.165) is 17.7 Å². The van der Waals surface area contributed by atoms with Gasteiger partial charge in [0.1, 0.15) is 4.99 Å². The summed E-state index contributed by atoms with van der Waals surface area (Å²) in [6.45, 7) is 1.42. The number of fused-ring (bicyclic) bond motifs is 1. The average Bonchev–Trinajstić information content (AvgIpc) is 2.87. The minimum atomic E-state index is 0.419. The van der Waals surface area contributed by atoms with E-state index in [9.17, 15) is 0 Å². The van der Waals surface area contributed by atoms with Gasteiger partial charge in [0.05, 0.1) is 0 Å². The van der Waals surface area contributed by atoms with Gasteiger partial charge in [-0.25, -0.2) is 0 Å². The molecule has 1 heterocycles. The second-order valence-corrected chi connectivity index (χ2v) is 5.43. The second kappa shape index (κ2) is 5.68. The zero-order chi connectivity index (χ0) is 14.8. The van der Waals surface area contributed by atoms with E-state index in [-0.39, 0.29) is 0 Å². The number of benzene rings is 2. The zero-order valence-electron chi connectivity index (χ0n) is 11.6. The van der Waals surface area contributed by atoms with E-state index < -0.39 is 0 Å². The van der Waals surface area contributed by atoms with Gasteiger partial charge >= 0.3 is 0 Å². The van der Waals surface area contributed by atoms with Crippen LogP contribution in [0.15, 0.2) is 54.7 Å². The summed E-state index contributed by atoms with van der Waals surface area (Å²) in [5.41, 5.74) is 15.8. The Morgan fingerprint density at radius 3 is 2.67 bits per heavy atom. The highest BCUT2D eigenvalue weighted by Crippen LogP contribution is 2.31. The molecule has 106 valence electrons. The van der Waals surface area contributed by atoms with Gasteiger partial charge in [0, 0.05) is 41.3 Å². The van der Waals surface area contributed by atoms with Crippen molar-refractivity contribution < 1.29 is 0 Å². The number of thiocarbonyl (C=S) groups is 1. The van der Waals surface area contributed by atoms with Crippen molar-refractivity contribution in [3.63, 3.8) is 0 Å². The van der Waals surface area contributed by atoms with Gasteiger partial charge in [-0.1, -0.05) is 48.6 Å². The van der Waals surface area contributed by atoms with Gasteiger partial charge in [-0.15, -0.1) is 0 Å². The van der Waals surface area contributed by atoms with Gasteiger partial charge in [0.15, 0.2) is 0 Å². The normalized spacial score (nSPS) is 10.9. The summed E-state index contributed by atoms with van der Waals surface area (Å²) in [5, 5.41) is 1.21. The highest BCUT2D eigenvalue weighted by atomic mass is 32.1. The van der Waals surface area contributed by atoms with Gasteiger partial charge in [-0.05, 0) is 17.7 Å². The number of hydrogen-bond acceptors (Lipinski definition) is 2. The van der Waals surface area contributed by atoms with Crippen molar-refractivity contribution in [2.24, 2.45) is 11.5 Å². The molecule has 3 nitrogen and oxygen atoms in total. The molecule has 3 rings (SSSR count). The van der Waals surface area contributed by atoms with Crippen LogP contribution in [0, 0.1) is 0 Å². The molecule has 0 unspecified atom stereocenters. The molecular formula is C17H17N3S. The quantitative estimate of drug-likeness (QED) is 0.728. The standard InChI is InChI=1S/C17H17N3S/c18-8-9-20-11-15(14-6-1-2-7-16(14)20)12-4-3-5-13(10-12)17(19)21/h1-7,10-11H,8-9,18H2,(H2,19,21). The number of hydrogen-bond donors (Lipinski definition) is 2. The fraction of sp³-hybridized carbons (Fsp3) is 0.118. The van der Waals surface area contributed by atoms with Crippen LogP contribution < -0.4 is 11.5 Å². The van der Waals surface area contributed by atoms with E-state index in [1.54, 1.807) is 0 Å². The van der Waals surface area contributed by atoms with Crippen LogP contribution in [-0.4, -0.2) is 16.1 Å². The van der Waals surface area contributed by atoms with Crippen LogP contribution in [0.1, 0.15) is 5.56 Å². The fourth-order valence-electron chi connectivity index (χ4n) is 2.64. The Morgan fingerprint density at radius 1 is 1.10 bits per heavy atom. The van der Waals surface area contributed by atoms with Crippen LogP contribution >= 0.6 is 12.2 Å². The summed E-state index contributed by atoms with van der Waals surface area (Å²) in [4.78, 5) is 0.419. The molecule has 0 saturated carbocycles. The topological polar surface area (TPSA) is 57.0 Å². The van der Waals surface area contributed by atoms with Crippen molar-refractivity contribution >= 4 is 28.1 Å². The maximum absolute atomic E-state index is 5.74. The van der Waals surface area contributed by atoms with Crippen LogP contribution in [0.4, 0.5) is 0 Å². The summed E-state index contributed by atoms with van der Waals surface area (Å²) >= 11 is 5.07. The lowest BCUT2D eigenvalue weighted by Gasteiger charge is -2.03. The summed E-state index contributed by atoms with van der Waals surface area (Å²) in [6.07, 6.45) is 2.15. The molecular weight excluding hydrogens is 278 g/mol. The first kappa shape index (κ1) is 13.8. The third-order valence-corrected chi connectivity index (χ3v) is 3.85. The molecule has 21 heavy (non-hydrogen) atoms. The molecule has 0 amide bonds. The SMILES string of the molecule is NCCn1cc(-c2cccc(C(N)=S)c2)c2ccccc21. The average molecular weight is 295 g/mol. The number of nitrogens with zero attached hydrogens (tertiary/aromatic N) is 1. The van der Waals surface area contributed by atoms with E-state index in [4.69, 9.17) is 23.7 Å². The highest BCUT2D eigenvalue weighted by Gasteiger charge is 2.10. The van der Waals surface area contributed by atoms with E-state index in [1.165, 1.54) is 16.5 Å². The summed E-state index contributed by atoms with van der Waals surface area (Å²) < 4.78 is 2.19. The Bertz CT molecular complexity index is 805. The van der Waals surface area contributed by atoms with Crippen molar-refractivity contribution in [2.45, 2.75) is 6.54 Å². The van der Waals surface area contributed by atoms with Crippen LogP contribution in [0.5, 0.6) is 0 Å². The Hall–Kier alpha value is -2.17. The first-order valence-corrected chi connectivity index (χ1v) is 7.29. The van der Waals surface area contributed by atoms with Crippen molar-refractivity contribution in [3.05, 3.63) is 60.3 Å². The van der Waals surface area contributed by atoms with Crippen molar-refractivity contribution in [2.75, 3.05) is 6.54 Å². The van der Waals surface area contributed by atoms with E-state index >= 15 is 0 Å². The fourth-order valence-corrected chi connectivity index (χ4v) is 2.77. The van der Waals surface area contributed by atoms with Crippen LogP contribution in [0.2, 0.25) is 0 Å². The van der Waals surface area contributed by atoms with E-state index in [0.29, 0.717) is 11.5 Å². The highest BCUT2D eigenvalue weighted by molar-refractivity contribution is 7.80. The minimum absolute atomic E-state index is 0.419. The third-order valence-electron chi connectivity index (χ3n) is 3.62. The summed E-state index contributed by atoms with van der Waals surface area (Å²) in [5.74, 6) is 0. The number of nitrogens with two attached hydrogens (primary N) is 2. The molecule has 0 atom stereocenters. The van der Waals surface area contributed by atoms with Gasteiger partial charge in [0.25, 0.3) is 0 Å². The molecule has 0 aliphatic carbocycles. The Kier molecular flexibility index (Phi) is 3.73. The minimum Gasteiger partial charge on any atom is -0.389 e. The van der Waals surface area contributed by atoms with E-state index in [2.05, 4.69) is 35.0 Å². The first-order valence-electron chi connectivity index (χ1n) is 6.89. The Balaban J connectivity index is 2.20. The van der Waals surface area contributed by atoms with Gasteiger partial charge < -0.3 is 16.0 Å². The second-order valence-electron chi connectivity index (χ2n) is 4.99. The lowest BCUT2D eigenvalue weighted by Crippen LogP contribution is -2.09. The predicted octanol–water partition coefficient (Wildman–Crippen LogP) is 2.90. The maximum Gasteiger partial charge on any atom is 0.104 e. The van der Waals surface area contributed by atoms with Gasteiger partial charge in [-0.3, -0.25) is 0 Å². The molecule has 0 fully saturated rings. The molecule has 0 aliphatic heterocycles. The number of rotatable bonds is 4. The summed E-state index contributed by atoms with van der Waals surface area (Å²) in [6, 6.07) is 16.4. The molecule has 4 N–H and O–H groups in total. The number of aromatic nitrogens is 1. The third kappa shape index (κ3) is 2.55. The largest absolute Gasteiger partial charge is 0.389 e. The van der Waals surface area contributed by atoms with E-state index in [1.807, 2.05) is 24.3 Å². The molecule has 4 heteroatoms. The molecule has 0 saturated heterocycles. The molecule has 3 aromatic rings. The Labute approximate surface area is 129 Å². The lowest BCUT2D eigenvalue weighted by atomic mass is 10.0. The van der Waals surface area contributed by atoms with Crippen LogP contribution in [0.3, 0.4) is 0 Å². The maximum atomic E-state index is 5.74. The first-order chi connectivity index (χ1) is 10.2. The van der Waals surface area contributed by atoms with Crippen molar-refractivity contribution in [1.29, 1.82) is 0 Å². The van der Waals surface area contributed by atoms with Crippen LogP contribution in [-0.2, 0) is 6.54 Å². The molecule has 0 radical (unpaired) electrons. The van der Waals surface area contributed by atoms with Crippen molar-refractivity contribution in [1.82, 2.24) is 4.57 Å². The monoisotopic (exact) mass is 295 g/mol. The lowest BCUT2D eigenvalue weighted by molar-refractivity contribution is 0.736.